The topological polar surface area (TPSA) is 55.4 Å². The van der Waals surface area contributed by atoms with Crippen LogP contribution < -0.4 is 24.2 Å². The molecule has 1 fully saturated rings. The molecule has 2 unspecified atom stereocenters. The molecule has 1 aliphatic heterocycles. The number of carbonyl (C=O) groups excluding carboxylic acids is 1. The molecule has 9 rings (SSSR count). The third-order valence-corrected chi connectivity index (χ3v) is 13.4. The van der Waals surface area contributed by atoms with Crippen molar-refractivity contribution < 1.29 is 14.1 Å². The molecule has 1 saturated carbocycles. The van der Waals surface area contributed by atoms with Crippen LogP contribution in [0.3, 0.4) is 0 Å². The minimum absolute atomic E-state index is 0.0196. The van der Waals surface area contributed by atoms with Crippen LogP contribution in [0, 0.1) is 0 Å². The van der Waals surface area contributed by atoms with Gasteiger partial charge in [0.1, 0.15) is 16.4 Å². The SMILES string of the molecule is C[n+]1c(C=c2sc(=Cc3ccc4c(c3)C3CCCC3N4c3ccc(C=C(c4ccccc4)c4ccccc4)cc3)c(=O)n2CCCOC=O)sc2ccccc21. The first-order valence-electron chi connectivity index (χ1n) is 19.3. The van der Waals surface area contributed by atoms with E-state index in [0.717, 1.165) is 33.6 Å². The van der Waals surface area contributed by atoms with Gasteiger partial charge in [-0.1, -0.05) is 109 Å². The molecule has 2 aliphatic rings. The highest BCUT2D eigenvalue weighted by atomic mass is 32.1. The molecular formula is C48H42N3O3S2+. The fourth-order valence-electron chi connectivity index (χ4n) is 8.48. The van der Waals surface area contributed by atoms with Gasteiger partial charge >= 0.3 is 0 Å². The van der Waals surface area contributed by atoms with Crippen LogP contribution in [0.5, 0.6) is 0 Å². The van der Waals surface area contributed by atoms with Crippen molar-refractivity contribution >= 4 is 74.5 Å². The van der Waals surface area contributed by atoms with Gasteiger partial charge in [0.15, 0.2) is 0 Å². The van der Waals surface area contributed by atoms with E-state index in [1.165, 1.54) is 61.7 Å². The lowest BCUT2D eigenvalue weighted by molar-refractivity contribution is -0.642. The zero-order valence-electron chi connectivity index (χ0n) is 31.2. The zero-order chi connectivity index (χ0) is 38.0. The summed E-state index contributed by atoms with van der Waals surface area (Å²) in [5.74, 6) is 0.454. The van der Waals surface area contributed by atoms with Crippen molar-refractivity contribution in [2.75, 3.05) is 11.5 Å². The highest BCUT2D eigenvalue weighted by Gasteiger charge is 2.42. The number of nitrogens with zero attached hydrogens (tertiary/aromatic N) is 3. The van der Waals surface area contributed by atoms with Gasteiger partial charge in [-0.05, 0) is 95.1 Å². The van der Waals surface area contributed by atoms with Gasteiger partial charge in [-0.3, -0.25) is 14.2 Å². The van der Waals surface area contributed by atoms with Crippen LogP contribution in [-0.4, -0.2) is 23.7 Å². The standard InChI is InChI=1S/C48H42N3O3S2/c1-49-43-17-8-9-19-44(43)55-46(49)31-47-50(26-11-27-54-32-52)48(53)45(56-47)30-34-22-25-42-40(29-34)38-16-10-18-41(38)51(42)37-23-20-33(21-24-37)28-39(35-12-4-2-5-13-35)36-14-6-3-7-15-36/h2-9,12-15,17,19-25,28-32,38,41H,10-11,16,18,26-27H2,1H3/q+1. The fourth-order valence-corrected chi connectivity index (χ4v) is 10.7. The van der Waals surface area contributed by atoms with Crippen molar-refractivity contribution in [2.45, 2.75) is 44.2 Å². The molecule has 7 aromatic rings. The van der Waals surface area contributed by atoms with Gasteiger partial charge in [-0.25, -0.2) is 0 Å². The summed E-state index contributed by atoms with van der Waals surface area (Å²) in [6.45, 7) is 1.20. The molecule has 0 radical (unpaired) electrons. The second-order valence-electron chi connectivity index (χ2n) is 14.5. The Morgan fingerprint density at radius 2 is 1.54 bits per heavy atom. The molecule has 0 spiro atoms. The number of benzene rings is 5. The Morgan fingerprint density at radius 1 is 0.821 bits per heavy atom. The molecular weight excluding hydrogens is 731 g/mol. The lowest BCUT2D eigenvalue weighted by atomic mass is 9.95. The van der Waals surface area contributed by atoms with Crippen molar-refractivity contribution in [2.24, 2.45) is 7.05 Å². The molecule has 0 N–H and O–H groups in total. The minimum atomic E-state index is -0.0196. The third kappa shape index (κ3) is 6.95. The molecule has 278 valence electrons. The van der Waals surface area contributed by atoms with E-state index < -0.39 is 0 Å². The quantitative estimate of drug-likeness (QED) is 0.0573. The molecule has 56 heavy (non-hydrogen) atoms. The van der Waals surface area contributed by atoms with Gasteiger partial charge in [0.2, 0.25) is 5.52 Å². The monoisotopic (exact) mass is 772 g/mol. The molecule has 1 aliphatic carbocycles. The smallest absolute Gasteiger partial charge is 0.293 e. The Kier molecular flexibility index (Phi) is 10.1. The van der Waals surface area contributed by atoms with Gasteiger partial charge in [0, 0.05) is 35.9 Å². The van der Waals surface area contributed by atoms with E-state index in [0.29, 0.717) is 35.9 Å². The summed E-state index contributed by atoms with van der Waals surface area (Å²) < 4.78 is 11.8. The number of carbonyl (C=O) groups is 1. The summed E-state index contributed by atoms with van der Waals surface area (Å²) in [5.41, 5.74) is 10.8. The Labute approximate surface area is 334 Å². The molecule has 8 heteroatoms. The summed E-state index contributed by atoms with van der Waals surface area (Å²) in [5, 5.41) is 1.07. The average Bonchev–Trinajstić information content (AvgIpc) is 3.99. The minimum Gasteiger partial charge on any atom is -0.468 e. The maximum absolute atomic E-state index is 14.0. The number of aryl methyl sites for hydroxylation is 1. The lowest BCUT2D eigenvalue weighted by Crippen LogP contribution is -2.33. The Hall–Kier alpha value is -5.83. The molecule has 0 bridgehead atoms. The Bertz CT molecular complexity index is 2710. The number of para-hydroxylation sites is 1. The fraction of sp³-hybridized carbons (Fsp3) is 0.188. The number of ether oxygens (including phenoxy) is 1. The molecule has 2 atom stereocenters. The van der Waals surface area contributed by atoms with Gasteiger partial charge in [-0.2, -0.15) is 4.57 Å². The van der Waals surface area contributed by atoms with Crippen LogP contribution >= 0.6 is 22.7 Å². The van der Waals surface area contributed by atoms with E-state index in [4.69, 9.17) is 4.74 Å². The van der Waals surface area contributed by atoms with E-state index in [1.807, 2.05) is 10.6 Å². The van der Waals surface area contributed by atoms with Crippen LogP contribution in [0.4, 0.5) is 11.4 Å². The van der Waals surface area contributed by atoms with Crippen LogP contribution in [0.25, 0.3) is 34.0 Å². The highest BCUT2D eigenvalue weighted by molar-refractivity contribution is 7.19. The van der Waals surface area contributed by atoms with Gasteiger partial charge in [0.05, 0.1) is 17.2 Å². The van der Waals surface area contributed by atoms with Crippen LogP contribution in [-0.2, 0) is 23.1 Å². The summed E-state index contributed by atoms with van der Waals surface area (Å²) in [6, 6.07) is 45.7. The van der Waals surface area contributed by atoms with E-state index in [9.17, 15) is 9.59 Å². The predicted octanol–water partition coefficient (Wildman–Crippen LogP) is 8.55. The maximum atomic E-state index is 14.0. The molecule has 0 amide bonds. The number of aromatic nitrogens is 2. The normalized spacial score (nSPS) is 16.6. The van der Waals surface area contributed by atoms with Gasteiger partial charge in [-0.15, -0.1) is 11.3 Å². The van der Waals surface area contributed by atoms with Gasteiger partial charge in [0.25, 0.3) is 17.0 Å². The number of rotatable bonds is 11. The van der Waals surface area contributed by atoms with Crippen LogP contribution in [0.2, 0.25) is 0 Å². The van der Waals surface area contributed by atoms with Gasteiger partial charge < -0.3 is 9.64 Å². The predicted molar refractivity (Wildman–Crippen MR) is 230 cm³/mol. The van der Waals surface area contributed by atoms with Crippen LogP contribution in [0.15, 0.2) is 132 Å². The maximum Gasteiger partial charge on any atom is 0.293 e. The van der Waals surface area contributed by atoms with Crippen molar-refractivity contribution in [1.82, 2.24) is 4.57 Å². The third-order valence-electron chi connectivity index (χ3n) is 11.1. The van der Waals surface area contributed by atoms with Crippen molar-refractivity contribution in [3.63, 3.8) is 0 Å². The van der Waals surface area contributed by atoms with E-state index >= 15 is 0 Å². The first-order chi connectivity index (χ1) is 27.6. The Morgan fingerprint density at radius 3 is 2.27 bits per heavy atom. The second kappa shape index (κ2) is 15.7. The van der Waals surface area contributed by atoms with Crippen LogP contribution in [0.1, 0.15) is 64.4 Å². The van der Waals surface area contributed by atoms with E-state index in [1.54, 1.807) is 11.3 Å². The number of thiazole rings is 2. The first-order valence-corrected chi connectivity index (χ1v) is 20.9. The first kappa shape index (κ1) is 35.8. The van der Waals surface area contributed by atoms with E-state index in [2.05, 4.69) is 156 Å². The highest BCUT2D eigenvalue weighted by Crippen LogP contribution is 2.52. The molecule has 3 heterocycles. The van der Waals surface area contributed by atoms with Crippen molar-refractivity contribution in [3.8, 4) is 0 Å². The summed E-state index contributed by atoms with van der Waals surface area (Å²) in [6.07, 6.45) is 10.5. The average molecular weight is 773 g/mol. The number of hydrogen-bond acceptors (Lipinski definition) is 6. The molecule has 2 aromatic heterocycles. The second-order valence-corrected chi connectivity index (χ2v) is 16.6. The summed E-state index contributed by atoms with van der Waals surface area (Å²) in [7, 11) is 2.06. The lowest BCUT2D eigenvalue weighted by Gasteiger charge is -2.27. The molecule has 6 nitrogen and oxygen atoms in total. The number of fused-ring (bicyclic) bond motifs is 4. The number of hydrogen-bond donors (Lipinski definition) is 0. The molecule has 0 saturated heterocycles. The summed E-state index contributed by atoms with van der Waals surface area (Å²) >= 11 is 3.23. The zero-order valence-corrected chi connectivity index (χ0v) is 32.8. The number of anilines is 2. The van der Waals surface area contributed by atoms with E-state index in [-0.39, 0.29) is 12.2 Å². The summed E-state index contributed by atoms with van der Waals surface area (Å²) in [4.78, 5) is 27.4. The Balaban J connectivity index is 1.05. The van der Waals surface area contributed by atoms with Crippen molar-refractivity contribution in [1.29, 1.82) is 0 Å². The van der Waals surface area contributed by atoms with Crippen molar-refractivity contribution in [3.05, 3.63) is 180 Å². The molecule has 5 aromatic carbocycles. The largest absolute Gasteiger partial charge is 0.468 e.